The number of benzene rings is 1. The van der Waals surface area contributed by atoms with Gasteiger partial charge >= 0.3 is 0 Å². The number of nitrogens with one attached hydrogen (secondary N) is 1. The van der Waals surface area contributed by atoms with E-state index in [0.29, 0.717) is 66.4 Å². The van der Waals surface area contributed by atoms with E-state index in [1.165, 1.54) is 6.33 Å². The van der Waals surface area contributed by atoms with Gasteiger partial charge in [0.05, 0.1) is 32.2 Å². The summed E-state index contributed by atoms with van der Waals surface area (Å²) in [6.07, 6.45) is 4.03. The molecule has 0 unspecified atom stereocenters. The average Bonchev–Trinajstić information content (AvgIpc) is 3.28. The van der Waals surface area contributed by atoms with Gasteiger partial charge in [0.15, 0.2) is 17.1 Å². The first-order chi connectivity index (χ1) is 17.0. The van der Waals surface area contributed by atoms with E-state index in [1.807, 2.05) is 29.8 Å². The van der Waals surface area contributed by atoms with Crippen molar-refractivity contribution >= 4 is 28.7 Å². The van der Waals surface area contributed by atoms with Crippen LogP contribution in [0.25, 0.3) is 22.3 Å². The number of rotatable bonds is 8. The van der Waals surface area contributed by atoms with Gasteiger partial charge in [-0.15, -0.1) is 0 Å². The van der Waals surface area contributed by atoms with Crippen LogP contribution in [0.2, 0.25) is 0 Å². The van der Waals surface area contributed by atoms with Crippen molar-refractivity contribution in [1.82, 2.24) is 30.0 Å². The fraction of sp³-hybridized carbons (Fsp3) is 0.458. The number of hydrogen-bond donors (Lipinski definition) is 2. The molecule has 4 rings (SSSR count). The number of ether oxygens (including phenoxy) is 2. The number of nitrogens with two attached hydrogens (primary N) is 1. The predicted octanol–water partition coefficient (Wildman–Crippen LogP) is 2.17. The zero-order valence-corrected chi connectivity index (χ0v) is 20.3. The molecular formula is C24H31N7O4. The Balaban J connectivity index is 1.56. The molecule has 35 heavy (non-hydrogen) atoms. The molecule has 0 bridgehead atoms. The summed E-state index contributed by atoms with van der Waals surface area (Å²) in [7, 11) is 3.17. The van der Waals surface area contributed by atoms with Gasteiger partial charge in [0, 0.05) is 25.1 Å². The van der Waals surface area contributed by atoms with Crippen molar-refractivity contribution in [2.75, 3.05) is 39.6 Å². The molecule has 3 aromatic rings. The molecule has 186 valence electrons. The summed E-state index contributed by atoms with van der Waals surface area (Å²) in [6, 6.07) is 5.61. The molecule has 1 aromatic carbocycles. The Morgan fingerprint density at radius 3 is 2.57 bits per heavy atom. The monoisotopic (exact) mass is 481 g/mol. The lowest BCUT2D eigenvalue weighted by molar-refractivity contribution is -0.134. The van der Waals surface area contributed by atoms with Gasteiger partial charge in [-0.3, -0.25) is 9.59 Å². The molecule has 0 spiro atoms. The molecule has 1 fully saturated rings. The number of likely N-dealkylation sites (tertiary alicyclic amines) is 1. The van der Waals surface area contributed by atoms with Crippen LogP contribution >= 0.6 is 0 Å². The van der Waals surface area contributed by atoms with Gasteiger partial charge in [-0.1, -0.05) is 6.92 Å². The fourth-order valence-corrected chi connectivity index (χ4v) is 4.40. The lowest BCUT2D eigenvalue weighted by atomic mass is 10.1. The minimum atomic E-state index is -0.0984. The number of piperidine rings is 1. The highest BCUT2D eigenvalue weighted by atomic mass is 16.5. The third-order valence-electron chi connectivity index (χ3n) is 6.25. The maximum Gasteiger partial charge on any atom is 0.241 e. The Labute approximate surface area is 203 Å². The van der Waals surface area contributed by atoms with Crippen LogP contribution in [0.15, 0.2) is 24.5 Å². The van der Waals surface area contributed by atoms with Gasteiger partial charge in [0.2, 0.25) is 11.8 Å². The first-order valence-electron chi connectivity index (χ1n) is 11.7. The maximum absolute atomic E-state index is 12.5. The normalized spacial score (nSPS) is 14.2. The predicted molar refractivity (Wildman–Crippen MR) is 131 cm³/mol. The van der Waals surface area contributed by atoms with Gasteiger partial charge in [0.25, 0.3) is 0 Å². The molecule has 1 saturated heterocycles. The fourth-order valence-electron chi connectivity index (χ4n) is 4.40. The molecule has 0 saturated carbocycles. The van der Waals surface area contributed by atoms with Gasteiger partial charge in [-0.25, -0.2) is 14.6 Å². The van der Waals surface area contributed by atoms with Gasteiger partial charge < -0.3 is 25.4 Å². The van der Waals surface area contributed by atoms with Gasteiger partial charge in [-0.05, 0) is 37.5 Å². The number of nitrogen functional groups attached to an aromatic ring is 1. The minimum Gasteiger partial charge on any atom is -0.493 e. The molecule has 1 aliphatic rings. The summed E-state index contributed by atoms with van der Waals surface area (Å²) in [5.74, 6) is 1.38. The van der Waals surface area contributed by atoms with Crippen LogP contribution in [0.4, 0.5) is 5.82 Å². The Morgan fingerprint density at radius 1 is 1.14 bits per heavy atom. The number of methoxy groups -OCH3 is 2. The van der Waals surface area contributed by atoms with Crippen molar-refractivity contribution in [1.29, 1.82) is 0 Å². The summed E-state index contributed by atoms with van der Waals surface area (Å²) < 4.78 is 12.7. The number of amides is 2. The molecule has 1 aliphatic heterocycles. The quantitative estimate of drug-likeness (QED) is 0.499. The van der Waals surface area contributed by atoms with Crippen molar-refractivity contribution in [3.8, 4) is 22.8 Å². The number of nitrogens with zero attached hydrogens (tertiary/aromatic N) is 5. The van der Waals surface area contributed by atoms with E-state index in [0.717, 1.165) is 12.0 Å². The first-order valence-corrected chi connectivity index (χ1v) is 11.7. The number of carbonyl (C=O) groups excluding carboxylic acids is 2. The van der Waals surface area contributed by atoms with Crippen LogP contribution in [0.3, 0.4) is 0 Å². The van der Waals surface area contributed by atoms with E-state index in [-0.39, 0.29) is 24.4 Å². The van der Waals surface area contributed by atoms with Crippen LogP contribution in [0.5, 0.6) is 11.5 Å². The Kier molecular flexibility index (Phi) is 7.33. The highest BCUT2D eigenvalue weighted by Crippen LogP contribution is 2.37. The molecule has 0 atom stereocenters. The second-order valence-electron chi connectivity index (χ2n) is 8.46. The summed E-state index contributed by atoms with van der Waals surface area (Å²) in [5.41, 5.74) is 8.38. The van der Waals surface area contributed by atoms with E-state index in [2.05, 4.69) is 15.3 Å². The van der Waals surface area contributed by atoms with Gasteiger partial charge in [-0.2, -0.15) is 5.10 Å². The molecule has 3 N–H and O–H groups in total. The van der Waals surface area contributed by atoms with Crippen molar-refractivity contribution in [2.24, 2.45) is 0 Å². The van der Waals surface area contributed by atoms with E-state index in [9.17, 15) is 9.59 Å². The molecule has 0 aliphatic carbocycles. The summed E-state index contributed by atoms with van der Waals surface area (Å²) in [5, 5.41) is 8.28. The maximum atomic E-state index is 12.5. The number of carbonyl (C=O) groups is 2. The average molecular weight is 482 g/mol. The van der Waals surface area contributed by atoms with E-state index in [1.54, 1.807) is 19.1 Å². The minimum absolute atomic E-state index is 0.0292. The number of aromatic nitrogens is 4. The Morgan fingerprint density at radius 2 is 1.89 bits per heavy atom. The topological polar surface area (TPSA) is 137 Å². The smallest absolute Gasteiger partial charge is 0.241 e. The van der Waals surface area contributed by atoms with Crippen LogP contribution in [-0.4, -0.2) is 70.3 Å². The zero-order valence-electron chi connectivity index (χ0n) is 20.3. The third-order valence-corrected chi connectivity index (χ3v) is 6.25. The summed E-state index contributed by atoms with van der Waals surface area (Å²) in [4.78, 5) is 34.7. The third kappa shape index (κ3) is 4.98. The Bertz CT molecular complexity index is 1220. The largest absolute Gasteiger partial charge is 0.493 e. The van der Waals surface area contributed by atoms with E-state index in [4.69, 9.17) is 20.3 Å². The lowest BCUT2D eigenvalue weighted by Crippen LogP contribution is -2.44. The highest BCUT2D eigenvalue weighted by Gasteiger charge is 2.28. The Hall–Kier alpha value is -3.89. The lowest BCUT2D eigenvalue weighted by Gasteiger charge is -2.32. The highest BCUT2D eigenvalue weighted by molar-refractivity contribution is 5.98. The standard InChI is InChI=1S/C24H31N7O4/c1-4-5-19(32)26-13-20(33)30-10-8-16(9-11-30)31-24-21(23(25)27-14-28-24)22(29-31)15-6-7-17(34-2)18(12-15)35-3/h6-7,12,14,16H,4-5,8-11,13H2,1-3H3,(H,26,32)(H2,25,27,28). The van der Waals surface area contributed by atoms with Crippen LogP contribution in [0, 0.1) is 0 Å². The molecule has 2 amide bonds. The first kappa shape index (κ1) is 24.2. The van der Waals surface area contributed by atoms with Crippen molar-refractivity contribution in [3.63, 3.8) is 0 Å². The van der Waals surface area contributed by atoms with Crippen molar-refractivity contribution in [3.05, 3.63) is 24.5 Å². The second-order valence-corrected chi connectivity index (χ2v) is 8.46. The molecule has 11 heteroatoms. The number of fused-ring (bicyclic) bond motifs is 1. The molecule has 11 nitrogen and oxygen atoms in total. The molecule has 0 radical (unpaired) electrons. The summed E-state index contributed by atoms with van der Waals surface area (Å²) >= 11 is 0. The summed E-state index contributed by atoms with van der Waals surface area (Å²) in [6.45, 7) is 3.10. The SMILES string of the molecule is CCCC(=O)NCC(=O)N1CCC(n2nc(-c3ccc(OC)c(OC)c3)c3c(N)ncnc32)CC1. The van der Waals surface area contributed by atoms with Crippen LogP contribution in [-0.2, 0) is 9.59 Å². The number of anilines is 1. The van der Waals surface area contributed by atoms with E-state index >= 15 is 0 Å². The van der Waals surface area contributed by atoms with Gasteiger partial charge in [0.1, 0.15) is 17.8 Å². The molecule has 3 heterocycles. The molecule has 2 aromatic heterocycles. The van der Waals surface area contributed by atoms with E-state index < -0.39 is 0 Å². The van der Waals surface area contributed by atoms with Crippen LogP contribution in [0.1, 0.15) is 38.6 Å². The van der Waals surface area contributed by atoms with Crippen molar-refractivity contribution in [2.45, 2.75) is 38.6 Å². The van der Waals surface area contributed by atoms with Crippen molar-refractivity contribution < 1.29 is 19.1 Å². The molecular weight excluding hydrogens is 450 g/mol. The van der Waals surface area contributed by atoms with Crippen LogP contribution < -0.4 is 20.5 Å². The second kappa shape index (κ2) is 10.6. The zero-order chi connectivity index (χ0) is 24.9. The number of hydrogen-bond acceptors (Lipinski definition) is 8.